The lowest BCUT2D eigenvalue weighted by Crippen LogP contribution is -2.15. The first-order valence-corrected chi connectivity index (χ1v) is 10.6. The predicted molar refractivity (Wildman–Crippen MR) is 127 cm³/mol. The van der Waals surface area contributed by atoms with Crippen molar-refractivity contribution in [3.63, 3.8) is 0 Å². The van der Waals surface area contributed by atoms with E-state index >= 15 is 0 Å². The van der Waals surface area contributed by atoms with Crippen molar-refractivity contribution in [3.05, 3.63) is 70.4 Å². The fourth-order valence-electron chi connectivity index (χ4n) is 2.97. The minimum atomic E-state index is 0.545. The highest BCUT2D eigenvalue weighted by atomic mass is 32.1. The molecular weight excluding hydrogens is 410 g/mol. The molecule has 7 heteroatoms. The monoisotopic (exact) mass is 437 g/mol. The zero-order valence-corrected chi connectivity index (χ0v) is 19.3. The molecule has 31 heavy (non-hydrogen) atoms. The minimum absolute atomic E-state index is 0.545. The summed E-state index contributed by atoms with van der Waals surface area (Å²) in [5.41, 5.74) is 4.63. The van der Waals surface area contributed by atoms with Crippen LogP contribution in [0, 0.1) is 0 Å². The van der Waals surface area contributed by atoms with Gasteiger partial charge in [0, 0.05) is 22.6 Å². The number of methoxy groups -OCH3 is 3. The van der Waals surface area contributed by atoms with Crippen molar-refractivity contribution in [2.45, 2.75) is 13.8 Å². The molecule has 0 saturated carbocycles. The van der Waals surface area contributed by atoms with E-state index in [0.29, 0.717) is 12.3 Å². The number of aromatic nitrogens is 1. The maximum Gasteiger partial charge on any atom is 0.206 e. The summed E-state index contributed by atoms with van der Waals surface area (Å²) in [5.74, 6) is 2.23. The van der Waals surface area contributed by atoms with Crippen molar-refractivity contribution in [2.75, 3.05) is 27.9 Å². The Bertz CT molecular complexity index is 1160. The third-order valence-corrected chi connectivity index (χ3v) is 5.46. The quantitative estimate of drug-likeness (QED) is 0.368. The molecule has 0 aliphatic carbocycles. The summed E-state index contributed by atoms with van der Waals surface area (Å²) in [5, 5.41) is 6.98. The molecule has 3 rings (SSSR count). The van der Waals surface area contributed by atoms with E-state index in [9.17, 15) is 0 Å². The average molecular weight is 438 g/mol. The van der Waals surface area contributed by atoms with Crippen LogP contribution in [-0.4, -0.2) is 38.3 Å². The first-order valence-electron chi connectivity index (χ1n) is 9.74. The summed E-state index contributed by atoms with van der Waals surface area (Å²) < 4.78 is 18.0. The Balaban J connectivity index is 2.14. The Kier molecular flexibility index (Phi) is 7.31. The first-order chi connectivity index (χ1) is 15.0. The zero-order chi connectivity index (χ0) is 22.4. The van der Waals surface area contributed by atoms with Crippen LogP contribution in [0.5, 0.6) is 17.2 Å². The van der Waals surface area contributed by atoms with Crippen molar-refractivity contribution < 1.29 is 14.2 Å². The summed E-state index contributed by atoms with van der Waals surface area (Å²) in [6.07, 6.45) is 0. The first kappa shape index (κ1) is 22.4. The molecule has 0 spiro atoms. The van der Waals surface area contributed by atoms with Gasteiger partial charge in [-0.2, -0.15) is 5.10 Å². The number of ether oxygens (including phenoxy) is 3. The number of rotatable bonds is 8. The van der Waals surface area contributed by atoms with Crippen molar-refractivity contribution >= 4 is 17.0 Å². The lowest BCUT2D eigenvalue weighted by molar-refractivity contribution is 0.394. The van der Waals surface area contributed by atoms with Gasteiger partial charge >= 0.3 is 0 Å². The molecular formula is C24H27N3O3S. The van der Waals surface area contributed by atoms with Gasteiger partial charge in [-0.3, -0.25) is 4.99 Å². The summed E-state index contributed by atoms with van der Waals surface area (Å²) >= 11 is 1.54. The number of benzene rings is 2. The van der Waals surface area contributed by atoms with Gasteiger partial charge in [-0.05, 0) is 50.2 Å². The topological polar surface area (TPSA) is 57.3 Å². The van der Waals surface area contributed by atoms with Crippen LogP contribution in [0.4, 0.5) is 0 Å². The van der Waals surface area contributed by atoms with Crippen LogP contribution in [0.1, 0.15) is 19.4 Å². The van der Waals surface area contributed by atoms with Crippen molar-refractivity contribution in [2.24, 2.45) is 10.1 Å². The van der Waals surface area contributed by atoms with Gasteiger partial charge in [-0.1, -0.05) is 12.2 Å². The molecule has 0 amide bonds. The summed E-state index contributed by atoms with van der Waals surface area (Å²) in [7, 11) is 4.93. The number of thiazole rings is 1. The molecule has 0 radical (unpaired) electrons. The van der Waals surface area contributed by atoms with Gasteiger partial charge in [0.25, 0.3) is 0 Å². The van der Waals surface area contributed by atoms with E-state index < -0.39 is 0 Å². The SMILES string of the molecule is C=C(C)CN=c1scc(-c2ccc(OC)cc2)n1N=C(C)c1ccc(OC)cc1OC. The molecule has 1 aromatic heterocycles. The van der Waals surface area contributed by atoms with Gasteiger partial charge < -0.3 is 14.2 Å². The summed E-state index contributed by atoms with van der Waals surface area (Å²) in [4.78, 5) is 5.49. The molecule has 0 aliphatic rings. The molecule has 1 heterocycles. The van der Waals surface area contributed by atoms with E-state index in [2.05, 4.69) is 12.0 Å². The lowest BCUT2D eigenvalue weighted by atomic mass is 10.1. The van der Waals surface area contributed by atoms with Crippen LogP contribution in [0.2, 0.25) is 0 Å². The Morgan fingerprint density at radius 1 is 0.968 bits per heavy atom. The second-order valence-electron chi connectivity index (χ2n) is 6.97. The van der Waals surface area contributed by atoms with E-state index in [0.717, 1.165) is 44.4 Å². The molecule has 0 unspecified atom stereocenters. The molecule has 0 bridgehead atoms. The Morgan fingerprint density at radius 3 is 2.26 bits per heavy atom. The van der Waals surface area contributed by atoms with Crippen LogP contribution in [0.25, 0.3) is 11.3 Å². The lowest BCUT2D eigenvalue weighted by Gasteiger charge is -2.11. The third kappa shape index (κ3) is 5.24. The second-order valence-corrected chi connectivity index (χ2v) is 7.81. The Labute approximate surface area is 186 Å². The molecule has 0 aliphatic heterocycles. The van der Waals surface area contributed by atoms with E-state index in [1.54, 1.807) is 32.7 Å². The Morgan fingerprint density at radius 2 is 1.65 bits per heavy atom. The van der Waals surface area contributed by atoms with Crippen LogP contribution < -0.4 is 19.0 Å². The smallest absolute Gasteiger partial charge is 0.206 e. The fraction of sp³-hybridized carbons (Fsp3) is 0.250. The molecule has 6 nitrogen and oxygen atoms in total. The molecule has 0 atom stereocenters. The maximum absolute atomic E-state index is 5.56. The van der Waals surface area contributed by atoms with Crippen LogP contribution in [0.3, 0.4) is 0 Å². The van der Waals surface area contributed by atoms with Gasteiger partial charge in [0.2, 0.25) is 4.80 Å². The highest BCUT2D eigenvalue weighted by Gasteiger charge is 2.12. The highest BCUT2D eigenvalue weighted by molar-refractivity contribution is 7.07. The van der Waals surface area contributed by atoms with Crippen molar-refractivity contribution in [3.8, 4) is 28.5 Å². The average Bonchev–Trinajstić information content (AvgIpc) is 3.19. The van der Waals surface area contributed by atoms with Gasteiger partial charge in [-0.25, -0.2) is 4.68 Å². The summed E-state index contributed by atoms with van der Waals surface area (Å²) in [6.45, 7) is 8.41. The van der Waals surface area contributed by atoms with Crippen molar-refractivity contribution in [1.82, 2.24) is 4.68 Å². The number of hydrogen-bond donors (Lipinski definition) is 0. The standard InChI is InChI=1S/C24H27N3O3S/c1-16(2)14-25-24-27(22(15-31-24)18-7-9-19(28-4)10-8-18)26-17(3)21-12-11-20(29-5)13-23(21)30-6/h7-13,15H,1,14H2,2-6H3. The van der Waals surface area contributed by atoms with E-state index in [4.69, 9.17) is 24.3 Å². The largest absolute Gasteiger partial charge is 0.497 e. The van der Waals surface area contributed by atoms with Crippen LogP contribution in [-0.2, 0) is 0 Å². The number of nitrogens with zero attached hydrogens (tertiary/aromatic N) is 3. The van der Waals surface area contributed by atoms with E-state index in [1.165, 1.54) is 0 Å². The van der Waals surface area contributed by atoms with E-state index in [1.807, 2.05) is 61.0 Å². The van der Waals surface area contributed by atoms with Crippen molar-refractivity contribution in [1.29, 1.82) is 0 Å². The Hall–Kier alpha value is -3.32. The second kappa shape index (κ2) is 10.1. The van der Waals surface area contributed by atoms with Crippen LogP contribution >= 0.6 is 11.3 Å². The molecule has 0 N–H and O–H groups in total. The molecule has 0 fully saturated rings. The molecule has 2 aromatic carbocycles. The zero-order valence-electron chi connectivity index (χ0n) is 18.5. The highest BCUT2D eigenvalue weighted by Crippen LogP contribution is 2.27. The summed E-state index contributed by atoms with van der Waals surface area (Å²) in [6, 6.07) is 13.6. The van der Waals surface area contributed by atoms with Gasteiger partial charge in [0.15, 0.2) is 0 Å². The van der Waals surface area contributed by atoms with Gasteiger partial charge in [0.05, 0.1) is 39.3 Å². The van der Waals surface area contributed by atoms with Gasteiger partial charge in [0.1, 0.15) is 17.2 Å². The molecule has 0 saturated heterocycles. The van der Waals surface area contributed by atoms with Gasteiger partial charge in [-0.15, -0.1) is 11.3 Å². The predicted octanol–water partition coefficient (Wildman–Crippen LogP) is 4.99. The third-order valence-electron chi connectivity index (χ3n) is 4.60. The maximum atomic E-state index is 5.56. The number of hydrogen-bond acceptors (Lipinski definition) is 6. The van der Waals surface area contributed by atoms with Crippen LogP contribution in [0.15, 0.2) is 70.1 Å². The van der Waals surface area contributed by atoms with E-state index in [-0.39, 0.29) is 0 Å². The molecule has 162 valence electrons. The minimum Gasteiger partial charge on any atom is -0.497 e. The normalized spacial score (nSPS) is 12.0. The fourth-order valence-corrected chi connectivity index (χ4v) is 3.80. The molecule has 3 aromatic rings.